The van der Waals surface area contributed by atoms with Crippen molar-refractivity contribution in [1.29, 1.82) is 0 Å². The molecule has 2 aromatic rings. The van der Waals surface area contributed by atoms with Crippen LogP contribution in [0.3, 0.4) is 0 Å². The topological polar surface area (TPSA) is 61.8 Å². The predicted molar refractivity (Wildman–Crippen MR) is 141 cm³/mol. The van der Waals surface area contributed by atoms with Crippen LogP contribution in [0.5, 0.6) is 0 Å². The summed E-state index contributed by atoms with van der Waals surface area (Å²) < 4.78 is 5.57. The van der Waals surface area contributed by atoms with E-state index in [-0.39, 0.29) is 30.0 Å². The molecule has 31 heavy (non-hydrogen) atoms. The lowest BCUT2D eigenvalue weighted by Crippen LogP contribution is -2.42. The van der Waals surface area contributed by atoms with Crippen molar-refractivity contribution < 1.29 is 4.74 Å². The lowest BCUT2D eigenvalue weighted by atomic mass is 10.0. The molecule has 0 aliphatic carbocycles. The van der Waals surface area contributed by atoms with Crippen LogP contribution >= 0.6 is 35.3 Å². The summed E-state index contributed by atoms with van der Waals surface area (Å²) in [7, 11) is 0. The van der Waals surface area contributed by atoms with Crippen molar-refractivity contribution in [2.75, 3.05) is 45.9 Å². The average Bonchev–Trinajstić information content (AvgIpc) is 3.07. The molecule has 1 aromatic heterocycles. The fourth-order valence-electron chi connectivity index (χ4n) is 3.56. The van der Waals surface area contributed by atoms with Gasteiger partial charge in [-0.2, -0.15) is 0 Å². The first kappa shape index (κ1) is 26.0. The second-order valence-corrected chi connectivity index (χ2v) is 9.01. The molecule has 2 N–H and O–H groups in total. The Morgan fingerprint density at radius 3 is 2.48 bits per heavy atom. The lowest BCUT2D eigenvalue weighted by Gasteiger charge is -2.34. The highest BCUT2D eigenvalue weighted by Gasteiger charge is 2.22. The highest BCUT2D eigenvalue weighted by Crippen LogP contribution is 2.23. The van der Waals surface area contributed by atoms with Gasteiger partial charge in [0.15, 0.2) is 5.96 Å². The van der Waals surface area contributed by atoms with E-state index < -0.39 is 0 Å². The zero-order valence-electron chi connectivity index (χ0n) is 19.1. The van der Waals surface area contributed by atoms with E-state index in [1.54, 1.807) is 11.3 Å². The highest BCUT2D eigenvalue weighted by molar-refractivity contribution is 14.0. The van der Waals surface area contributed by atoms with Crippen LogP contribution in [0.15, 0.2) is 29.3 Å². The first-order valence-corrected chi connectivity index (χ1v) is 11.7. The Balaban J connectivity index is 0.00000341. The minimum Gasteiger partial charge on any atom is -0.379 e. The summed E-state index contributed by atoms with van der Waals surface area (Å²) >= 11 is 1.78. The minimum absolute atomic E-state index is 0. The van der Waals surface area contributed by atoms with Crippen LogP contribution < -0.4 is 10.6 Å². The number of hydrogen-bond acceptors (Lipinski definition) is 5. The molecule has 0 saturated carbocycles. The van der Waals surface area contributed by atoms with Crippen LogP contribution in [-0.2, 0) is 11.2 Å². The zero-order chi connectivity index (χ0) is 21.3. The number of aryl methyl sites for hydroxylation is 3. The number of benzene rings is 1. The van der Waals surface area contributed by atoms with Crippen molar-refractivity contribution in [1.82, 2.24) is 20.5 Å². The van der Waals surface area contributed by atoms with Crippen molar-refractivity contribution in [3.8, 4) is 0 Å². The molecule has 1 aliphatic heterocycles. The van der Waals surface area contributed by atoms with E-state index in [2.05, 4.69) is 72.5 Å². The molecule has 3 rings (SSSR count). The second kappa shape index (κ2) is 13.3. The molecular weight excluding hydrogens is 521 g/mol. The molecule has 0 amide bonds. The number of thiazole rings is 1. The molecule has 1 aliphatic rings. The summed E-state index contributed by atoms with van der Waals surface area (Å²) in [5.74, 6) is 0.868. The van der Waals surface area contributed by atoms with Gasteiger partial charge in [-0.1, -0.05) is 29.8 Å². The maximum atomic E-state index is 5.57. The highest BCUT2D eigenvalue weighted by atomic mass is 127. The molecule has 8 heteroatoms. The Morgan fingerprint density at radius 2 is 1.87 bits per heavy atom. The Labute approximate surface area is 207 Å². The van der Waals surface area contributed by atoms with Crippen molar-refractivity contribution in [3.63, 3.8) is 0 Å². The van der Waals surface area contributed by atoms with Gasteiger partial charge in [-0.05, 0) is 33.3 Å². The SMILES string of the molecule is CCNC(=NCC(c1ccc(C)cc1)N1CCOCC1)NCCc1nc(C)c(C)s1.I. The van der Waals surface area contributed by atoms with Gasteiger partial charge in [-0.3, -0.25) is 9.89 Å². The van der Waals surface area contributed by atoms with Crippen molar-refractivity contribution >= 4 is 41.3 Å². The molecule has 1 unspecified atom stereocenters. The summed E-state index contributed by atoms with van der Waals surface area (Å²) in [6.07, 6.45) is 0.911. The molecule has 1 atom stereocenters. The summed E-state index contributed by atoms with van der Waals surface area (Å²) in [4.78, 5) is 13.4. The molecular formula is C23H36IN5OS. The summed E-state index contributed by atoms with van der Waals surface area (Å²) in [5.41, 5.74) is 3.74. The van der Waals surface area contributed by atoms with E-state index in [0.29, 0.717) is 6.54 Å². The quantitative estimate of drug-likeness (QED) is 0.294. The van der Waals surface area contributed by atoms with Crippen LogP contribution in [0.1, 0.15) is 39.7 Å². The fourth-order valence-corrected chi connectivity index (χ4v) is 4.50. The second-order valence-electron chi connectivity index (χ2n) is 7.72. The largest absolute Gasteiger partial charge is 0.379 e. The molecule has 172 valence electrons. The van der Waals surface area contributed by atoms with Crippen LogP contribution in [0.25, 0.3) is 0 Å². The average molecular weight is 558 g/mol. The monoisotopic (exact) mass is 557 g/mol. The van der Waals surface area contributed by atoms with Gasteiger partial charge in [0.1, 0.15) is 0 Å². The molecule has 1 saturated heterocycles. The van der Waals surface area contributed by atoms with Crippen molar-refractivity contribution in [3.05, 3.63) is 51.0 Å². The third kappa shape index (κ3) is 8.00. The Hall–Kier alpha value is -1.23. The fraction of sp³-hybridized carbons (Fsp3) is 0.565. The number of rotatable bonds is 8. The normalized spacial score (nSPS) is 15.9. The molecule has 1 aromatic carbocycles. The number of aliphatic imine (C=N–C) groups is 1. The maximum absolute atomic E-state index is 5.57. The minimum atomic E-state index is 0. The molecule has 1 fully saturated rings. The van der Waals surface area contributed by atoms with Crippen LogP contribution in [0.2, 0.25) is 0 Å². The Kier molecular flexibility index (Phi) is 11.2. The Bertz CT molecular complexity index is 798. The summed E-state index contributed by atoms with van der Waals surface area (Å²) in [6.45, 7) is 14.3. The Morgan fingerprint density at radius 1 is 1.16 bits per heavy atom. The number of nitrogens with zero attached hydrogens (tertiary/aromatic N) is 3. The molecule has 0 radical (unpaired) electrons. The van der Waals surface area contributed by atoms with Crippen LogP contribution in [0.4, 0.5) is 0 Å². The third-order valence-corrected chi connectivity index (χ3v) is 6.55. The summed E-state index contributed by atoms with van der Waals surface area (Å²) in [5, 5.41) is 8.04. The molecule has 0 bridgehead atoms. The van der Waals surface area contributed by atoms with E-state index in [9.17, 15) is 0 Å². The van der Waals surface area contributed by atoms with Gasteiger partial charge in [-0.25, -0.2) is 4.98 Å². The van der Waals surface area contributed by atoms with Gasteiger partial charge in [-0.15, -0.1) is 35.3 Å². The summed E-state index contributed by atoms with van der Waals surface area (Å²) in [6, 6.07) is 9.10. The number of guanidine groups is 1. The van der Waals surface area contributed by atoms with Crippen molar-refractivity contribution in [2.45, 2.75) is 40.2 Å². The standard InChI is InChI=1S/C23H35N5OS.HI/c1-5-24-23(25-11-10-22-27-18(3)19(4)30-22)26-16-21(28-12-14-29-15-13-28)20-8-6-17(2)7-9-20;/h6-9,21H,5,10-16H2,1-4H3,(H2,24,25,26);1H. The van der Waals surface area contributed by atoms with E-state index in [0.717, 1.165) is 57.5 Å². The van der Waals surface area contributed by atoms with Crippen LogP contribution in [-0.4, -0.2) is 61.8 Å². The lowest BCUT2D eigenvalue weighted by molar-refractivity contribution is 0.0179. The zero-order valence-corrected chi connectivity index (χ0v) is 22.3. The van der Waals surface area contributed by atoms with Gasteiger partial charge >= 0.3 is 0 Å². The number of hydrogen-bond donors (Lipinski definition) is 2. The van der Waals surface area contributed by atoms with Gasteiger partial charge in [0.25, 0.3) is 0 Å². The van der Waals surface area contributed by atoms with Crippen molar-refractivity contribution in [2.24, 2.45) is 4.99 Å². The first-order chi connectivity index (χ1) is 14.6. The number of ether oxygens (including phenoxy) is 1. The maximum Gasteiger partial charge on any atom is 0.191 e. The number of morpholine rings is 1. The van der Waals surface area contributed by atoms with E-state index in [4.69, 9.17) is 9.73 Å². The van der Waals surface area contributed by atoms with Gasteiger partial charge < -0.3 is 15.4 Å². The van der Waals surface area contributed by atoms with Gasteiger partial charge in [0.2, 0.25) is 0 Å². The molecule has 0 spiro atoms. The van der Waals surface area contributed by atoms with Gasteiger partial charge in [0.05, 0.1) is 36.5 Å². The number of halogens is 1. The molecule has 2 heterocycles. The number of aromatic nitrogens is 1. The van der Waals surface area contributed by atoms with E-state index in [1.807, 2.05) is 0 Å². The predicted octanol–water partition coefficient (Wildman–Crippen LogP) is 3.86. The van der Waals surface area contributed by atoms with Gasteiger partial charge in [0, 0.05) is 37.5 Å². The first-order valence-electron chi connectivity index (χ1n) is 10.9. The van der Waals surface area contributed by atoms with E-state index >= 15 is 0 Å². The number of nitrogens with one attached hydrogen (secondary N) is 2. The smallest absolute Gasteiger partial charge is 0.191 e. The molecule has 6 nitrogen and oxygen atoms in total. The van der Waals surface area contributed by atoms with E-state index in [1.165, 1.54) is 21.0 Å². The van der Waals surface area contributed by atoms with Crippen LogP contribution in [0, 0.1) is 20.8 Å². The third-order valence-electron chi connectivity index (χ3n) is 5.42.